The third-order valence-electron chi connectivity index (χ3n) is 3.43. The van der Waals surface area contributed by atoms with Crippen LogP contribution < -0.4 is 5.43 Å². The van der Waals surface area contributed by atoms with Gasteiger partial charge in [-0.25, -0.2) is 5.43 Å². The van der Waals surface area contributed by atoms with Crippen LogP contribution in [-0.2, 0) is 0 Å². The highest BCUT2D eigenvalue weighted by Gasteiger charge is 2.08. The highest BCUT2D eigenvalue weighted by atomic mass is 79.9. The van der Waals surface area contributed by atoms with Crippen LogP contribution in [0.4, 0.5) is 0 Å². The van der Waals surface area contributed by atoms with Crippen LogP contribution in [0.15, 0.2) is 52.0 Å². The highest BCUT2D eigenvalue weighted by molar-refractivity contribution is 9.10. The van der Waals surface area contributed by atoms with Crippen LogP contribution in [0.25, 0.3) is 10.9 Å². The van der Waals surface area contributed by atoms with Crippen molar-refractivity contribution in [2.75, 3.05) is 0 Å². The first kappa shape index (κ1) is 15.3. The average molecular weight is 372 g/mol. The standard InChI is InChI=1S/C17H14BrN3O2/c1-10-6-11(7-13(18)16(10)22)9-19-21-17(23)15-8-12-4-2-3-5-14(12)20-15/h2-9,20,22H,1H3,(H,21,23)/b19-9+. The van der Waals surface area contributed by atoms with E-state index in [1.165, 1.54) is 6.21 Å². The van der Waals surface area contributed by atoms with E-state index in [4.69, 9.17) is 0 Å². The van der Waals surface area contributed by atoms with E-state index < -0.39 is 0 Å². The van der Waals surface area contributed by atoms with E-state index in [0.29, 0.717) is 10.2 Å². The van der Waals surface area contributed by atoms with Crippen molar-refractivity contribution in [3.63, 3.8) is 0 Å². The smallest absolute Gasteiger partial charge is 0.287 e. The summed E-state index contributed by atoms with van der Waals surface area (Å²) < 4.78 is 0.584. The van der Waals surface area contributed by atoms with Crippen LogP contribution in [0.5, 0.6) is 5.75 Å². The number of nitrogens with one attached hydrogen (secondary N) is 2. The van der Waals surface area contributed by atoms with E-state index in [2.05, 4.69) is 31.4 Å². The molecule has 3 N–H and O–H groups in total. The summed E-state index contributed by atoms with van der Waals surface area (Å²) in [6.07, 6.45) is 1.53. The summed E-state index contributed by atoms with van der Waals surface area (Å²) in [5, 5.41) is 14.6. The lowest BCUT2D eigenvalue weighted by atomic mass is 10.1. The molecule has 0 unspecified atom stereocenters. The lowest BCUT2D eigenvalue weighted by molar-refractivity contribution is 0.0951. The van der Waals surface area contributed by atoms with Gasteiger partial charge in [0.2, 0.25) is 0 Å². The van der Waals surface area contributed by atoms with E-state index >= 15 is 0 Å². The first-order valence-corrected chi connectivity index (χ1v) is 7.74. The van der Waals surface area contributed by atoms with Crippen molar-refractivity contribution in [3.05, 3.63) is 63.8 Å². The van der Waals surface area contributed by atoms with Crippen LogP contribution in [-0.4, -0.2) is 22.2 Å². The van der Waals surface area contributed by atoms with E-state index in [-0.39, 0.29) is 11.7 Å². The Morgan fingerprint density at radius 1 is 1.30 bits per heavy atom. The van der Waals surface area contributed by atoms with Gasteiger partial charge in [-0.2, -0.15) is 5.10 Å². The number of rotatable bonds is 3. The van der Waals surface area contributed by atoms with Crippen molar-refractivity contribution in [1.82, 2.24) is 10.4 Å². The Balaban J connectivity index is 1.73. The number of aromatic hydroxyl groups is 1. The lowest BCUT2D eigenvalue weighted by Crippen LogP contribution is -2.17. The largest absolute Gasteiger partial charge is 0.506 e. The van der Waals surface area contributed by atoms with Crippen LogP contribution >= 0.6 is 15.9 Å². The number of amides is 1. The molecule has 0 radical (unpaired) electrons. The maximum absolute atomic E-state index is 12.1. The molecule has 116 valence electrons. The van der Waals surface area contributed by atoms with E-state index in [9.17, 15) is 9.90 Å². The number of aromatic nitrogens is 1. The Bertz CT molecular complexity index is 859. The minimum Gasteiger partial charge on any atom is -0.506 e. The fourth-order valence-corrected chi connectivity index (χ4v) is 2.84. The maximum Gasteiger partial charge on any atom is 0.287 e. The van der Waals surface area contributed by atoms with E-state index in [1.807, 2.05) is 24.3 Å². The van der Waals surface area contributed by atoms with Crippen LogP contribution in [0.2, 0.25) is 0 Å². The molecule has 0 saturated carbocycles. The van der Waals surface area contributed by atoms with Crippen molar-refractivity contribution in [1.29, 1.82) is 0 Å². The number of aryl methyl sites for hydroxylation is 1. The second-order valence-corrected chi connectivity index (χ2v) is 5.99. The molecule has 5 nitrogen and oxygen atoms in total. The Morgan fingerprint density at radius 3 is 2.83 bits per heavy atom. The number of phenols is 1. The number of carbonyl (C=O) groups is 1. The molecule has 1 aromatic heterocycles. The minimum absolute atomic E-state index is 0.198. The normalized spacial score (nSPS) is 11.2. The molecule has 6 heteroatoms. The molecule has 3 rings (SSSR count). The van der Waals surface area contributed by atoms with Gasteiger partial charge in [0.1, 0.15) is 11.4 Å². The van der Waals surface area contributed by atoms with Gasteiger partial charge in [0.05, 0.1) is 10.7 Å². The van der Waals surface area contributed by atoms with Gasteiger partial charge in [-0.05, 0) is 58.2 Å². The van der Waals surface area contributed by atoms with Crippen molar-refractivity contribution in [2.24, 2.45) is 5.10 Å². The molecule has 0 aliphatic carbocycles. The number of H-pyrrole nitrogens is 1. The van der Waals surface area contributed by atoms with Crippen molar-refractivity contribution in [2.45, 2.75) is 6.92 Å². The fraction of sp³-hybridized carbons (Fsp3) is 0.0588. The van der Waals surface area contributed by atoms with E-state index in [1.54, 1.807) is 25.1 Å². The zero-order valence-electron chi connectivity index (χ0n) is 12.3. The second kappa shape index (κ2) is 6.26. The van der Waals surface area contributed by atoms with Crippen LogP contribution in [0.3, 0.4) is 0 Å². The molecule has 1 amide bonds. The van der Waals surface area contributed by atoms with Gasteiger partial charge in [0, 0.05) is 10.9 Å². The van der Waals surface area contributed by atoms with Gasteiger partial charge >= 0.3 is 0 Å². The van der Waals surface area contributed by atoms with Gasteiger partial charge < -0.3 is 10.1 Å². The Morgan fingerprint density at radius 2 is 2.09 bits per heavy atom. The summed E-state index contributed by atoms with van der Waals surface area (Å²) in [6.45, 7) is 1.79. The van der Waals surface area contributed by atoms with Crippen molar-refractivity contribution >= 4 is 39.0 Å². The number of fused-ring (bicyclic) bond motifs is 1. The maximum atomic E-state index is 12.1. The molecular weight excluding hydrogens is 358 g/mol. The molecule has 3 aromatic rings. The number of hydrazone groups is 1. The van der Waals surface area contributed by atoms with E-state index in [0.717, 1.165) is 22.0 Å². The highest BCUT2D eigenvalue weighted by Crippen LogP contribution is 2.28. The van der Waals surface area contributed by atoms with Crippen molar-refractivity contribution in [3.8, 4) is 5.75 Å². The first-order valence-electron chi connectivity index (χ1n) is 6.95. The number of nitrogens with zero attached hydrogens (tertiary/aromatic N) is 1. The third kappa shape index (κ3) is 3.27. The summed E-state index contributed by atoms with van der Waals surface area (Å²) in [5.74, 6) is -0.115. The molecule has 0 spiro atoms. The number of benzene rings is 2. The number of hydrogen-bond donors (Lipinski definition) is 3. The Labute approximate surface area is 141 Å². The van der Waals surface area contributed by atoms with Gasteiger partial charge in [-0.3, -0.25) is 4.79 Å². The van der Waals surface area contributed by atoms with Gasteiger partial charge in [0.15, 0.2) is 0 Å². The number of carbonyl (C=O) groups excluding carboxylic acids is 1. The Kier molecular flexibility index (Phi) is 4.16. The fourth-order valence-electron chi connectivity index (χ4n) is 2.26. The zero-order valence-corrected chi connectivity index (χ0v) is 13.9. The quantitative estimate of drug-likeness (QED) is 0.484. The molecule has 0 atom stereocenters. The number of aromatic amines is 1. The molecule has 0 saturated heterocycles. The van der Waals surface area contributed by atoms with Crippen molar-refractivity contribution < 1.29 is 9.90 Å². The number of halogens is 1. The SMILES string of the molecule is Cc1cc(/C=N/NC(=O)c2cc3ccccc3[nH]2)cc(Br)c1O. The van der Waals surface area contributed by atoms with Crippen LogP contribution in [0, 0.1) is 6.92 Å². The van der Waals surface area contributed by atoms with Gasteiger partial charge in [0.25, 0.3) is 5.91 Å². The minimum atomic E-state index is -0.313. The lowest BCUT2D eigenvalue weighted by Gasteiger charge is -2.03. The van der Waals surface area contributed by atoms with Crippen LogP contribution in [0.1, 0.15) is 21.6 Å². The number of para-hydroxylation sites is 1. The zero-order chi connectivity index (χ0) is 16.4. The summed E-state index contributed by atoms with van der Waals surface area (Å²) in [5.41, 5.74) is 5.33. The molecular formula is C17H14BrN3O2. The molecule has 1 heterocycles. The molecule has 0 aliphatic rings. The monoisotopic (exact) mass is 371 g/mol. The summed E-state index contributed by atoms with van der Waals surface area (Å²) in [6, 6.07) is 12.9. The second-order valence-electron chi connectivity index (χ2n) is 5.14. The average Bonchev–Trinajstić information content (AvgIpc) is 2.96. The molecule has 0 bridgehead atoms. The topological polar surface area (TPSA) is 77.5 Å². The number of hydrogen-bond acceptors (Lipinski definition) is 3. The van der Waals surface area contributed by atoms with Gasteiger partial charge in [-0.15, -0.1) is 0 Å². The number of phenolic OH excluding ortho intramolecular Hbond substituents is 1. The summed E-state index contributed by atoms with van der Waals surface area (Å²) >= 11 is 3.27. The molecule has 2 aromatic carbocycles. The summed E-state index contributed by atoms with van der Waals surface area (Å²) in [4.78, 5) is 15.1. The van der Waals surface area contributed by atoms with Gasteiger partial charge in [-0.1, -0.05) is 18.2 Å². The molecule has 23 heavy (non-hydrogen) atoms. The summed E-state index contributed by atoms with van der Waals surface area (Å²) in [7, 11) is 0. The predicted molar refractivity (Wildman–Crippen MR) is 93.9 cm³/mol. The molecule has 0 fully saturated rings. The first-order chi connectivity index (χ1) is 11.0. The Hall–Kier alpha value is -2.60. The predicted octanol–water partition coefficient (Wildman–Crippen LogP) is 3.71. The molecule has 0 aliphatic heterocycles. The third-order valence-corrected chi connectivity index (χ3v) is 4.04.